The SMILES string of the molecule is C=CC(=C)CN(C[C@@H](CC(C)=O)CC(C)C)C(=O)OC(C)C. The molecule has 4 nitrogen and oxygen atoms in total. The van der Waals surface area contributed by atoms with Gasteiger partial charge in [0, 0.05) is 19.5 Å². The van der Waals surface area contributed by atoms with E-state index in [1.54, 1.807) is 17.9 Å². The van der Waals surface area contributed by atoms with E-state index in [1.165, 1.54) is 0 Å². The maximum absolute atomic E-state index is 12.3. The Labute approximate surface area is 135 Å². The fourth-order valence-electron chi connectivity index (χ4n) is 2.40. The molecule has 126 valence electrons. The number of hydrogen-bond acceptors (Lipinski definition) is 3. The highest BCUT2D eigenvalue weighted by Crippen LogP contribution is 2.19. The summed E-state index contributed by atoms with van der Waals surface area (Å²) in [6.07, 6.45) is 2.46. The molecule has 0 saturated heterocycles. The van der Waals surface area contributed by atoms with Crippen molar-refractivity contribution in [3.8, 4) is 0 Å². The molecule has 0 fully saturated rings. The van der Waals surface area contributed by atoms with E-state index in [9.17, 15) is 9.59 Å². The first-order chi connectivity index (χ1) is 10.1. The Morgan fingerprint density at radius 3 is 2.23 bits per heavy atom. The largest absolute Gasteiger partial charge is 0.447 e. The summed E-state index contributed by atoms with van der Waals surface area (Å²) >= 11 is 0. The summed E-state index contributed by atoms with van der Waals surface area (Å²) in [5, 5.41) is 0. The lowest BCUT2D eigenvalue weighted by Crippen LogP contribution is -2.38. The van der Waals surface area contributed by atoms with Crippen LogP contribution in [0.15, 0.2) is 24.8 Å². The van der Waals surface area contributed by atoms with Crippen LogP contribution in [0.5, 0.6) is 0 Å². The van der Waals surface area contributed by atoms with Gasteiger partial charge in [0.25, 0.3) is 0 Å². The van der Waals surface area contributed by atoms with E-state index in [1.807, 2.05) is 13.8 Å². The molecule has 0 aromatic heterocycles. The quantitative estimate of drug-likeness (QED) is 0.568. The molecule has 0 bridgehead atoms. The van der Waals surface area contributed by atoms with E-state index in [2.05, 4.69) is 27.0 Å². The molecule has 0 rings (SSSR count). The van der Waals surface area contributed by atoms with Gasteiger partial charge in [-0.05, 0) is 44.6 Å². The zero-order valence-electron chi connectivity index (χ0n) is 14.7. The fraction of sp³-hybridized carbons (Fsp3) is 0.667. The smallest absolute Gasteiger partial charge is 0.410 e. The van der Waals surface area contributed by atoms with Crippen molar-refractivity contribution in [1.82, 2.24) is 4.90 Å². The van der Waals surface area contributed by atoms with Gasteiger partial charge in [-0.1, -0.05) is 33.1 Å². The van der Waals surface area contributed by atoms with Gasteiger partial charge < -0.3 is 14.4 Å². The topological polar surface area (TPSA) is 46.6 Å². The predicted molar refractivity (Wildman–Crippen MR) is 90.8 cm³/mol. The first kappa shape index (κ1) is 20.4. The van der Waals surface area contributed by atoms with E-state index in [4.69, 9.17) is 4.74 Å². The van der Waals surface area contributed by atoms with Crippen molar-refractivity contribution in [2.75, 3.05) is 13.1 Å². The van der Waals surface area contributed by atoms with Crippen LogP contribution < -0.4 is 0 Å². The molecule has 0 spiro atoms. The first-order valence-electron chi connectivity index (χ1n) is 7.90. The third-order valence-corrected chi connectivity index (χ3v) is 3.14. The minimum absolute atomic E-state index is 0.134. The summed E-state index contributed by atoms with van der Waals surface area (Å²) in [6, 6.07) is 0. The number of ketones is 1. The van der Waals surface area contributed by atoms with Gasteiger partial charge in [0.1, 0.15) is 5.78 Å². The van der Waals surface area contributed by atoms with E-state index in [-0.39, 0.29) is 23.9 Å². The second kappa shape index (κ2) is 10.2. The molecule has 1 amide bonds. The highest BCUT2D eigenvalue weighted by molar-refractivity contribution is 5.76. The third kappa shape index (κ3) is 9.37. The standard InChI is InChI=1S/C18H31NO3/c1-8-15(6)11-19(18(21)22-14(4)5)12-17(9-13(2)3)10-16(7)20/h8,13-14,17H,1,6,9-12H2,2-5,7H3/t17-/m1/s1. The Morgan fingerprint density at radius 1 is 1.23 bits per heavy atom. The number of carbonyl (C=O) groups is 2. The summed E-state index contributed by atoms with van der Waals surface area (Å²) in [6.45, 7) is 17.9. The van der Waals surface area contributed by atoms with Gasteiger partial charge in [-0.2, -0.15) is 0 Å². The number of nitrogens with zero attached hydrogens (tertiary/aromatic N) is 1. The van der Waals surface area contributed by atoms with E-state index < -0.39 is 0 Å². The van der Waals surface area contributed by atoms with Crippen LogP contribution in [-0.2, 0) is 9.53 Å². The number of ether oxygens (including phenoxy) is 1. The molecule has 0 N–H and O–H groups in total. The molecular formula is C18H31NO3. The monoisotopic (exact) mass is 309 g/mol. The molecule has 4 heteroatoms. The maximum atomic E-state index is 12.3. The van der Waals surface area contributed by atoms with Crippen LogP contribution in [0.4, 0.5) is 4.79 Å². The number of hydrogen-bond donors (Lipinski definition) is 0. The molecule has 0 aliphatic heterocycles. The van der Waals surface area contributed by atoms with Gasteiger partial charge >= 0.3 is 6.09 Å². The molecule has 1 atom stereocenters. The van der Waals surface area contributed by atoms with Crippen LogP contribution in [0.1, 0.15) is 47.5 Å². The Balaban J connectivity index is 5.01. The molecule has 0 unspecified atom stereocenters. The molecule has 0 aromatic carbocycles. The minimum atomic E-state index is -0.365. The first-order valence-corrected chi connectivity index (χ1v) is 7.90. The molecular weight excluding hydrogens is 278 g/mol. The lowest BCUT2D eigenvalue weighted by molar-refractivity contribution is -0.118. The van der Waals surface area contributed by atoms with E-state index in [0.717, 1.165) is 12.0 Å². The predicted octanol–water partition coefficient (Wildman–Crippen LogP) is 4.22. The van der Waals surface area contributed by atoms with Crippen LogP contribution in [-0.4, -0.2) is 36.0 Å². The highest BCUT2D eigenvalue weighted by Gasteiger charge is 2.23. The third-order valence-electron chi connectivity index (χ3n) is 3.14. The summed E-state index contributed by atoms with van der Waals surface area (Å²) < 4.78 is 5.30. The lowest BCUT2D eigenvalue weighted by atomic mass is 9.92. The summed E-state index contributed by atoms with van der Waals surface area (Å²) in [7, 11) is 0. The molecule has 0 saturated carbocycles. The average Bonchev–Trinajstić information content (AvgIpc) is 2.35. The van der Waals surface area contributed by atoms with Crippen molar-refractivity contribution >= 4 is 11.9 Å². The number of rotatable bonds is 10. The van der Waals surface area contributed by atoms with Crippen LogP contribution in [0, 0.1) is 11.8 Å². The second-order valence-electron chi connectivity index (χ2n) is 6.58. The van der Waals surface area contributed by atoms with Crippen molar-refractivity contribution in [3.63, 3.8) is 0 Å². The number of amides is 1. The maximum Gasteiger partial charge on any atom is 0.410 e. The summed E-state index contributed by atoms with van der Waals surface area (Å²) in [5.41, 5.74) is 0.756. The molecule has 0 aliphatic rings. The van der Waals surface area contributed by atoms with Gasteiger partial charge in [-0.25, -0.2) is 4.79 Å². The van der Waals surface area contributed by atoms with Crippen LogP contribution >= 0.6 is 0 Å². The number of carbonyl (C=O) groups excluding carboxylic acids is 2. The van der Waals surface area contributed by atoms with Crippen molar-refractivity contribution in [3.05, 3.63) is 24.8 Å². The van der Waals surface area contributed by atoms with Gasteiger partial charge in [-0.3, -0.25) is 0 Å². The van der Waals surface area contributed by atoms with Crippen molar-refractivity contribution < 1.29 is 14.3 Å². The Hall–Kier alpha value is -1.58. The van der Waals surface area contributed by atoms with E-state index in [0.29, 0.717) is 25.4 Å². The van der Waals surface area contributed by atoms with Gasteiger partial charge in [0.15, 0.2) is 0 Å². The van der Waals surface area contributed by atoms with Crippen LogP contribution in [0.2, 0.25) is 0 Å². The van der Waals surface area contributed by atoms with Crippen molar-refractivity contribution in [2.24, 2.45) is 11.8 Å². The van der Waals surface area contributed by atoms with Crippen LogP contribution in [0.3, 0.4) is 0 Å². The second-order valence-corrected chi connectivity index (χ2v) is 6.58. The van der Waals surface area contributed by atoms with Crippen molar-refractivity contribution in [1.29, 1.82) is 0 Å². The molecule has 0 heterocycles. The summed E-state index contributed by atoms with van der Waals surface area (Å²) in [5.74, 6) is 0.745. The zero-order valence-corrected chi connectivity index (χ0v) is 14.7. The van der Waals surface area contributed by atoms with Gasteiger partial charge in [-0.15, -0.1) is 0 Å². The minimum Gasteiger partial charge on any atom is -0.447 e. The Kier molecular flexibility index (Phi) is 9.46. The zero-order chi connectivity index (χ0) is 17.3. The molecule has 0 aliphatic carbocycles. The van der Waals surface area contributed by atoms with Crippen molar-refractivity contribution in [2.45, 2.75) is 53.6 Å². The fourth-order valence-corrected chi connectivity index (χ4v) is 2.40. The van der Waals surface area contributed by atoms with E-state index >= 15 is 0 Å². The lowest BCUT2D eigenvalue weighted by Gasteiger charge is -2.28. The van der Waals surface area contributed by atoms with Crippen LogP contribution in [0.25, 0.3) is 0 Å². The summed E-state index contributed by atoms with van der Waals surface area (Å²) in [4.78, 5) is 25.4. The van der Waals surface area contributed by atoms with Gasteiger partial charge in [0.05, 0.1) is 6.10 Å². The normalized spacial score (nSPS) is 12.1. The molecule has 0 aromatic rings. The average molecular weight is 309 g/mol. The Morgan fingerprint density at radius 2 is 1.82 bits per heavy atom. The van der Waals surface area contributed by atoms with Gasteiger partial charge in [0.2, 0.25) is 0 Å². The molecule has 22 heavy (non-hydrogen) atoms. The molecule has 0 radical (unpaired) electrons. The number of Topliss-reactive ketones (excluding diaryl/α,β-unsaturated/α-hetero) is 1. The Bertz CT molecular complexity index is 399. The highest BCUT2D eigenvalue weighted by atomic mass is 16.6.